The third kappa shape index (κ3) is 30.9. The van der Waals surface area contributed by atoms with Gasteiger partial charge in [0.25, 0.3) is 0 Å². The number of hydrogen-bond acceptors (Lipinski definition) is 8. The molecule has 0 aromatic heterocycles. The minimum atomic E-state index is -1.29. The molecule has 0 heterocycles. The number of aromatic carboxylic acids is 1. The van der Waals surface area contributed by atoms with Crippen LogP contribution in [0.2, 0.25) is 25.1 Å². The number of carbonyl (C=O) groups excluding carboxylic acids is 4. The Morgan fingerprint density at radius 2 is 0.627 bits per heavy atom. The van der Waals surface area contributed by atoms with Crippen molar-refractivity contribution in [1.29, 1.82) is 0 Å². The summed E-state index contributed by atoms with van der Waals surface area (Å²) < 4.78 is 131. The number of benzene rings is 13. The van der Waals surface area contributed by atoms with Crippen LogP contribution in [0.1, 0.15) is 115 Å². The van der Waals surface area contributed by atoms with Crippen molar-refractivity contribution in [2.45, 2.75) is 160 Å². The van der Waals surface area contributed by atoms with E-state index >= 15 is 0 Å². The van der Waals surface area contributed by atoms with Gasteiger partial charge in [0.1, 0.15) is 23.2 Å². The summed E-state index contributed by atoms with van der Waals surface area (Å²) in [6.07, 6.45) is 2.50. The van der Waals surface area contributed by atoms with Gasteiger partial charge in [-0.1, -0.05) is 142 Å². The molecule has 0 spiro atoms. The third-order valence-corrected chi connectivity index (χ3v) is 29.1. The summed E-state index contributed by atoms with van der Waals surface area (Å²) in [5, 5.41) is 24.2. The van der Waals surface area contributed by atoms with Crippen LogP contribution in [0.3, 0.4) is 0 Å². The van der Waals surface area contributed by atoms with E-state index in [-0.39, 0.29) is 76.8 Å². The maximum Gasteiger partial charge on any atom is 0.311 e. The van der Waals surface area contributed by atoms with Crippen LogP contribution in [0.25, 0.3) is 0 Å². The summed E-state index contributed by atoms with van der Waals surface area (Å²) in [6, 6.07) is 78.2. The fourth-order valence-electron chi connectivity index (χ4n) is 11.2. The van der Waals surface area contributed by atoms with Crippen molar-refractivity contribution in [3.05, 3.63) is 385 Å². The number of carboxylic acids is 2. The molecule has 0 amide bonds. The maximum absolute atomic E-state index is 13.6. The topological polar surface area (TPSA) is 133 Å². The number of aliphatic carboxylic acids is 1. The summed E-state index contributed by atoms with van der Waals surface area (Å²) in [5.74, 6) is -9.20. The summed E-state index contributed by atoms with van der Waals surface area (Å²) in [5.41, 5.74) is 2.31. The van der Waals surface area contributed by atoms with Gasteiger partial charge in [-0.3, -0.25) is 9.59 Å². The molecule has 0 saturated carbocycles. The first kappa shape index (κ1) is 103. The molecular weight excluding hydrogens is 1810 g/mol. The highest BCUT2D eigenvalue weighted by atomic mass is 35.5. The third-order valence-electron chi connectivity index (χ3n) is 19.0. The highest BCUT2D eigenvalue weighted by molar-refractivity contribution is 7.98. The van der Waals surface area contributed by atoms with Gasteiger partial charge in [-0.2, -0.15) is 0 Å². The summed E-state index contributed by atoms with van der Waals surface area (Å²) in [7, 11) is -1.19. The molecule has 0 fully saturated rings. The number of rotatable bonds is 20. The van der Waals surface area contributed by atoms with Crippen LogP contribution < -0.4 is 14.9 Å². The van der Waals surface area contributed by atoms with E-state index in [1.54, 1.807) is 62.4 Å². The number of hydrogen-bond donors (Lipinski definition) is 0. The molecule has 0 aliphatic rings. The quantitative estimate of drug-likeness (QED) is 0.0319. The molecule has 1 atom stereocenters. The van der Waals surface area contributed by atoms with Crippen LogP contribution >= 0.6 is 58.0 Å². The van der Waals surface area contributed by atoms with E-state index in [4.69, 9.17) is 62.7 Å². The first-order valence-electron chi connectivity index (χ1n) is 39.0. The second kappa shape index (κ2) is 49.3. The van der Waals surface area contributed by atoms with Crippen LogP contribution in [0.15, 0.2) is 344 Å². The SMILES string of the molecule is CC(=O)Oc1c(C)cc([S+](c2ccc(Cl)cc2)c2ccc(Cl)cc2)cc1C.CCC(C)(C)C(=O)OC.CCC(C)(C)C(=O)[O-].CCC(C)c1ccc(C(=O)[O-])cc1.Clc1ccc([S+](c2ccc(Cl)cc2)c2ccc(Cl)cc2)cc1.Fc1ccc([S+](c2ccc(F)c(F)c2)c2ccc(F)c(F)c2)cc1F.Fc1cccc([S+](c2cccc(F)c2)c2cccc(F)c2)c1. The zero-order chi connectivity index (χ0) is 92.9. The van der Waals surface area contributed by atoms with Crippen molar-refractivity contribution < 1.29 is 78.4 Å². The largest absolute Gasteiger partial charge is 0.550 e. The van der Waals surface area contributed by atoms with E-state index in [0.717, 1.165) is 90.1 Å². The first-order chi connectivity index (χ1) is 59.7. The molecule has 126 heavy (non-hydrogen) atoms. The lowest BCUT2D eigenvalue weighted by Gasteiger charge is -2.22. The highest BCUT2D eigenvalue weighted by Crippen LogP contribution is 2.40. The second-order valence-corrected chi connectivity index (χ2v) is 39.3. The lowest BCUT2D eigenvalue weighted by atomic mass is 9.91. The molecule has 0 N–H and O–H groups in total. The number of carbonyl (C=O) groups is 4. The van der Waals surface area contributed by atoms with Crippen LogP contribution in [0.4, 0.5) is 39.5 Å². The lowest BCUT2D eigenvalue weighted by molar-refractivity contribution is -0.317. The normalized spacial score (nSPS) is 11.2. The zero-order valence-electron chi connectivity index (χ0n) is 70.5. The average Bonchev–Trinajstić information content (AvgIpc) is 0.792. The van der Waals surface area contributed by atoms with Crippen LogP contribution in [0.5, 0.6) is 5.75 Å². The van der Waals surface area contributed by atoms with Crippen molar-refractivity contribution >= 4 is 125 Å². The molecule has 13 rings (SSSR count). The Hall–Kier alpha value is -10.0. The number of ether oxygens (including phenoxy) is 2. The van der Waals surface area contributed by atoms with Crippen LogP contribution in [-0.4, -0.2) is 31.0 Å². The number of esters is 2. The molecule has 0 aliphatic carbocycles. The molecule has 0 aliphatic heterocycles. The number of aryl methyl sites for hydroxylation is 2. The van der Waals surface area contributed by atoms with Gasteiger partial charge in [0, 0.05) is 92.0 Å². The van der Waals surface area contributed by atoms with Gasteiger partial charge in [0.15, 0.2) is 93.6 Å². The van der Waals surface area contributed by atoms with Gasteiger partial charge in [0.2, 0.25) is 0 Å². The molecule has 8 nitrogen and oxygen atoms in total. The fourth-order valence-corrected chi connectivity index (χ4v) is 20.3. The van der Waals surface area contributed by atoms with E-state index in [9.17, 15) is 68.9 Å². The van der Waals surface area contributed by atoms with Crippen molar-refractivity contribution in [1.82, 2.24) is 0 Å². The predicted molar refractivity (Wildman–Crippen MR) is 486 cm³/mol. The summed E-state index contributed by atoms with van der Waals surface area (Å²) in [4.78, 5) is 52.5. The maximum atomic E-state index is 13.6. The van der Waals surface area contributed by atoms with Gasteiger partial charge in [-0.15, -0.1) is 0 Å². The van der Waals surface area contributed by atoms with Gasteiger partial charge >= 0.3 is 11.9 Å². The molecular formula is C100H90Cl5F9O8S4+2. The average molecular weight is 1900 g/mol. The second-order valence-electron chi connectivity index (χ2n) is 29.0. The zero-order valence-corrected chi connectivity index (χ0v) is 77.6. The summed E-state index contributed by atoms with van der Waals surface area (Å²) in [6.45, 7) is 20.4. The molecule has 13 aromatic carbocycles. The monoisotopic (exact) mass is 1890 g/mol. The highest BCUT2D eigenvalue weighted by Gasteiger charge is 2.35. The first-order valence-corrected chi connectivity index (χ1v) is 45.7. The minimum Gasteiger partial charge on any atom is -0.550 e. The molecule has 0 radical (unpaired) electrons. The molecule has 0 bridgehead atoms. The number of carboxylic acid groups (broad SMARTS) is 2. The van der Waals surface area contributed by atoms with Crippen LogP contribution in [-0.2, 0) is 62.7 Å². The molecule has 1 unspecified atom stereocenters. The molecule has 13 aromatic rings. The van der Waals surface area contributed by atoms with Crippen LogP contribution in [0, 0.1) is 77.0 Å². The van der Waals surface area contributed by atoms with Crippen molar-refractivity contribution in [2.24, 2.45) is 10.8 Å². The van der Waals surface area contributed by atoms with Gasteiger partial charge < -0.3 is 29.3 Å². The lowest BCUT2D eigenvalue weighted by Crippen LogP contribution is -2.37. The van der Waals surface area contributed by atoms with E-state index in [2.05, 4.69) is 67.1 Å². The molecule has 658 valence electrons. The Morgan fingerprint density at radius 1 is 0.357 bits per heavy atom. The smallest absolute Gasteiger partial charge is 0.311 e. The minimum absolute atomic E-state index is 0.134. The van der Waals surface area contributed by atoms with E-state index in [1.165, 1.54) is 88.9 Å². The van der Waals surface area contributed by atoms with Crippen molar-refractivity contribution in [2.75, 3.05) is 7.11 Å². The Morgan fingerprint density at radius 3 is 0.849 bits per heavy atom. The standard InChI is InChI=1S/C22H19Cl2O2S.C18H12Cl3S.C18H9F6S.C18H12F3S.C11H14O2.C7H14O2.C6H12O2/c1-14-12-21(13-15(2)22(14)26-16(3)25)27(19-8-4-17(23)5-9-19)20-10-6-18(24)7-11-20;19-13-1-7-16(8-2-13)22(17-9-3-14(20)4-10-17)18-11-5-15(21)6-12-18;19-13-4-1-10(7-16(13)22)25(11-2-5-14(20)17(23)8-11)12-3-6-15(21)18(24)9-12;19-13-4-1-7-16(10-13)22(17-8-2-5-14(20)11-17)18-9-3-6-15(21)12-18;1-3-8(2)9-4-6-10(7-5-9)11(12)13;1-5-7(2,3)6(8)9-4;1-4-6(2,3)5(7)8/h4-13H,1-3H3;1-12H;1-9H;1-12H;4-8H,3H2,1-2H3,(H,12,13);5H2,1-4H3;4H2,1-3H3,(H,7,8)/q4*+1;;;/p-2. The van der Waals surface area contributed by atoms with Gasteiger partial charge in [-0.25, -0.2) is 39.5 Å². The molecule has 26 heteroatoms. The summed E-state index contributed by atoms with van der Waals surface area (Å²) >= 11 is 30.2. The van der Waals surface area contributed by atoms with Gasteiger partial charge in [0.05, 0.1) is 62.1 Å². The van der Waals surface area contributed by atoms with Crippen molar-refractivity contribution in [3.8, 4) is 5.75 Å². The fraction of sp³-hybridized carbons (Fsp3) is 0.180. The van der Waals surface area contributed by atoms with Gasteiger partial charge in [-0.05, 0) is 269 Å². The van der Waals surface area contributed by atoms with E-state index in [0.29, 0.717) is 42.8 Å². The predicted octanol–water partition coefficient (Wildman–Crippen LogP) is 27.5. The Kier molecular flexibility index (Phi) is 40.3. The Balaban J connectivity index is 0.000000209. The van der Waals surface area contributed by atoms with Crippen molar-refractivity contribution in [3.63, 3.8) is 0 Å². The number of methoxy groups -OCH3 is 1. The van der Waals surface area contributed by atoms with E-state index < -0.39 is 74.0 Å². The Bertz CT molecular complexity index is 5380. The number of halogens is 14. The molecule has 0 saturated heterocycles. The van der Waals surface area contributed by atoms with E-state index in [1.807, 2.05) is 139 Å². The Labute approximate surface area is 766 Å².